The van der Waals surface area contributed by atoms with E-state index in [2.05, 4.69) is 22.3 Å². The first-order valence-electron chi connectivity index (χ1n) is 9.44. The molecule has 0 saturated carbocycles. The van der Waals surface area contributed by atoms with Gasteiger partial charge in [-0.3, -0.25) is 4.79 Å². The van der Waals surface area contributed by atoms with E-state index in [9.17, 15) is 9.90 Å². The Hall–Kier alpha value is -2.37. The Morgan fingerprint density at radius 2 is 1.89 bits per heavy atom. The highest BCUT2D eigenvalue weighted by molar-refractivity contribution is 5.95. The number of aliphatic hydroxyl groups is 1. The molecule has 144 valence electrons. The molecular weight excluding hydrogens is 340 g/mol. The number of hydrogen-bond donors (Lipinski definition) is 2. The van der Waals surface area contributed by atoms with Crippen LogP contribution in [0.2, 0.25) is 0 Å². The number of carbonyl (C=O) groups is 1. The van der Waals surface area contributed by atoms with Crippen LogP contribution in [-0.2, 0) is 11.3 Å². The Kier molecular flexibility index (Phi) is 6.48. The summed E-state index contributed by atoms with van der Waals surface area (Å²) in [6, 6.07) is 17.9. The summed E-state index contributed by atoms with van der Waals surface area (Å²) < 4.78 is 5.38. The maximum Gasteiger partial charge on any atom is 0.251 e. The van der Waals surface area contributed by atoms with Gasteiger partial charge in [-0.1, -0.05) is 36.4 Å². The van der Waals surface area contributed by atoms with E-state index in [1.807, 2.05) is 49.5 Å². The van der Waals surface area contributed by atoms with Crippen molar-refractivity contribution in [2.24, 2.45) is 5.41 Å². The van der Waals surface area contributed by atoms with Gasteiger partial charge in [0.15, 0.2) is 0 Å². The maximum absolute atomic E-state index is 12.6. The van der Waals surface area contributed by atoms with Crippen molar-refractivity contribution in [1.82, 2.24) is 5.32 Å². The first kappa shape index (κ1) is 19.4. The predicted molar refractivity (Wildman–Crippen MR) is 107 cm³/mol. The normalized spacial score (nSPS) is 15.9. The molecule has 1 fully saturated rings. The van der Waals surface area contributed by atoms with Gasteiger partial charge >= 0.3 is 0 Å². The molecule has 1 amide bonds. The fourth-order valence-corrected chi connectivity index (χ4v) is 3.40. The van der Waals surface area contributed by atoms with E-state index >= 15 is 0 Å². The molecule has 27 heavy (non-hydrogen) atoms. The van der Waals surface area contributed by atoms with Gasteiger partial charge in [0.05, 0.1) is 6.61 Å². The molecule has 5 heteroatoms. The van der Waals surface area contributed by atoms with Crippen LogP contribution in [0.4, 0.5) is 5.69 Å². The Balaban J connectivity index is 1.63. The predicted octanol–water partition coefficient (Wildman–Crippen LogP) is 2.84. The molecule has 1 aliphatic rings. The van der Waals surface area contributed by atoms with Crippen molar-refractivity contribution in [3.05, 3.63) is 65.7 Å². The fourth-order valence-electron chi connectivity index (χ4n) is 3.40. The molecule has 0 bridgehead atoms. The minimum Gasteiger partial charge on any atom is -0.396 e. The summed E-state index contributed by atoms with van der Waals surface area (Å²) in [5.74, 6) is -0.107. The first-order valence-corrected chi connectivity index (χ1v) is 9.44. The summed E-state index contributed by atoms with van der Waals surface area (Å²) in [5, 5.41) is 12.8. The quantitative estimate of drug-likeness (QED) is 0.789. The average molecular weight is 368 g/mol. The third kappa shape index (κ3) is 5.08. The SMILES string of the molecule is CN(Cc1ccccc1)c1cccc(C(=O)NCC2(CO)CCOCC2)c1. The van der Waals surface area contributed by atoms with Gasteiger partial charge in [-0.05, 0) is 36.6 Å². The lowest BCUT2D eigenvalue weighted by Gasteiger charge is -2.35. The number of benzene rings is 2. The molecule has 2 aromatic carbocycles. The van der Waals surface area contributed by atoms with Crippen molar-refractivity contribution >= 4 is 11.6 Å². The molecule has 1 heterocycles. The minimum atomic E-state index is -0.268. The lowest BCUT2D eigenvalue weighted by molar-refractivity contribution is -0.0146. The van der Waals surface area contributed by atoms with E-state index in [1.165, 1.54) is 5.56 Å². The van der Waals surface area contributed by atoms with Crippen LogP contribution < -0.4 is 10.2 Å². The van der Waals surface area contributed by atoms with Crippen molar-refractivity contribution in [3.8, 4) is 0 Å². The molecule has 2 N–H and O–H groups in total. The lowest BCUT2D eigenvalue weighted by atomic mass is 9.81. The largest absolute Gasteiger partial charge is 0.396 e. The number of aliphatic hydroxyl groups excluding tert-OH is 1. The van der Waals surface area contributed by atoms with E-state index in [0.29, 0.717) is 25.3 Å². The molecule has 0 atom stereocenters. The highest BCUT2D eigenvalue weighted by atomic mass is 16.5. The average Bonchev–Trinajstić information content (AvgIpc) is 2.73. The summed E-state index contributed by atoms with van der Waals surface area (Å²) in [4.78, 5) is 14.8. The smallest absolute Gasteiger partial charge is 0.251 e. The topological polar surface area (TPSA) is 61.8 Å². The fraction of sp³-hybridized carbons (Fsp3) is 0.409. The number of rotatable bonds is 7. The molecule has 5 nitrogen and oxygen atoms in total. The van der Waals surface area contributed by atoms with Crippen molar-refractivity contribution in [2.75, 3.05) is 38.3 Å². The first-order chi connectivity index (χ1) is 13.1. The summed E-state index contributed by atoms with van der Waals surface area (Å²) in [6.45, 7) is 2.58. The summed E-state index contributed by atoms with van der Waals surface area (Å²) in [7, 11) is 2.02. The second kappa shape index (κ2) is 9.02. The number of carbonyl (C=O) groups excluding carboxylic acids is 1. The number of nitrogens with zero attached hydrogens (tertiary/aromatic N) is 1. The Morgan fingerprint density at radius 3 is 2.59 bits per heavy atom. The Labute approximate surface area is 161 Å². The van der Waals surface area contributed by atoms with E-state index in [4.69, 9.17) is 4.74 Å². The van der Waals surface area contributed by atoms with Crippen molar-refractivity contribution in [2.45, 2.75) is 19.4 Å². The Morgan fingerprint density at radius 1 is 1.15 bits per heavy atom. The zero-order valence-corrected chi connectivity index (χ0v) is 15.9. The second-order valence-corrected chi connectivity index (χ2v) is 7.35. The number of nitrogens with one attached hydrogen (secondary N) is 1. The highest BCUT2D eigenvalue weighted by Crippen LogP contribution is 2.29. The summed E-state index contributed by atoms with van der Waals surface area (Å²) >= 11 is 0. The van der Waals surface area contributed by atoms with E-state index in [0.717, 1.165) is 25.1 Å². The number of ether oxygens (including phenoxy) is 1. The van der Waals surface area contributed by atoms with Gasteiger partial charge in [0, 0.05) is 50.0 Å². The number of hydrogen-bond acceptors (Lipinski definition) is 4. The van der Waals surface area contributed by atoms with Gasteiger partial charge in [0.2, 0.25) is 0 Å². The molecule has 1 saturated heterocycles. The molecule has 2 aromatic rings. The van der Waals surface area contributed by atoms with Gasteiger partial charge in [-0.25, -0.2) is 0 Å². The summed E-state index contributed by atoms with van der Waals surface area (Å²) in [5.41, 5.74) is 2.58. The zero-order chi connectivity index (χ0) is 19.1. The van der Waals surface area contributed by atoms with Crippen molar-refractivity contribution in [3.63, 3.8) is 0 Å². The molecule has 0 spiro atoms. The van der Waals surface area contributed by atoms with Crippen LogP contribution in [0.5, 0.6) is 0 Å². The van der Waals surface area contributed by atoms with Crippen LogP contribution in [0.15, 0.2) is 54.6 Å². The standard InChI is InChI=1S/C22H28N2O3/c1-24(15-18-6-3-2-4-7-18)20-9-5-8-19(14-20)21(26)23-16-22(17-25)10-12-27-13-11-22/h2-9,14,25H,10-13,15-17H2,1H3,(H,23,26). The lowest BCUT2D eigenvalue weighted by Crippen LogP contribution is -2.43. The van der Waals surface area contributed by atoms with Gasteiger partial charge in [0.25, 0.3) is 5.91 Å². The maximum atomic E-state index is 12.6. The van der Waals surface area contributed by atoms with E-state index in [-0.39, 0.29) is 17.9 Å². The third-order valence-corrected chi connectivity index (χ3v) is 5.32. The molecule has 0 unspecified atom stereocenters. The summed E-state index contributed by atoms with van der Waals surface area (Å²) in [6.07, 6.45) is 1.53. The highest BCUT2D eigenvalue weighted by Gasteiger charge is 2.32. The zero-order valence-electron chi connectivity index (χ0n) is 15.9. The van der Waals surface area contributed by atoms with E-state index in [1.54, 1.807) is 0 Å². The molecular formula is C22H28N2O3. The van der Waals surface area contributed by atoms with Gasteiger partial charge in [0.1, 0.15) is 0 Å². The van der Waals surface area contributed by atoms with Crippen LogP contribution >= 0.6 is 0 Å². The van der Waals surface area contributed by atoms with E-state index < -0.39 is 0 Å². The number of anilines is 1. The molecule has 3 rings (SSSR count). The minimum absolute atomic E-state index is 0.0660. The van der Waals surface area contributed by atoms with Gasteiger partial charge < -0.3 is 20.1 Å². The molecule has 0 aliphatic carbocycles. The molecule has 0 aromatic heterocycles. The second-order valence-electron chi connectivity index (χ2n) is 7.35. The van der Waals surface area contributed by atoms with Crippen molar-refractivity contribution in [1.29, 1.82) is 0 Å². The Bertz CT molecular complexity index is 742. The van der Waals surface area contributed by atoms with Crippen LogP contribution in [0, 0.1) is 5.41 Å². The van der Waals surface area contributed by atoms with Gasteiger partial charge in [-0.15, -0.1) is 0 Å². The molecule has 1 aliphatic heterocycles. The van der Waals surface area contributed by atoms with Gasteiger partial charge in [-0.2, -0.15) is 0 Å². The number of amides is 1. The van der Waals surface area contributed by atoms with Crippen LogP contribution in [0.1, 0.15) is 28.8 Å². The van der Waals surface area contributed by atoms with Crippen molar-refractivity contribution < 1.29 is 14.6 Å². The third-order valence-electron chi connectivity index (χ3n) is 5.32. The monoisotopic (exact) mass is 368 g/mol. The van der Waals surface area contributed by atoms with Crippen LogP contribution in [0.3, 0.4) is 0 Å². The van der Waals surface area contributed by atoms with Crippen LogP contribution in [0.25, 0.3) is 0 Å². The molecule has 0 radical (unpaired) electrons. The van der Waals surface area contributed by atoms with Crippen LogP contribution in [-0.4, -0.2) is 44.4 Å².